The normalized spacial score (nSPS) is 20.9. The average Bonchev–Trinajstić information content (AvgIpc) is 2.36. The molecule has 0 aromatic heterocycles. The summed E-state index contributed by atoms with van der Waals surface area (Å²) in [5.41, 5.74) is 0. The summed E-state index contributed by atoms with van der Waals surface area (Å²) in [6.45, 7) is 8.28. The maximum atomic E-state index is 11.7. The topological polar surface area (TPSA) is 50.4 Å². The Kier molecular flexibility index (Phi) is 10.4. The Morgan fingerprint density at radius 1 is 1.56 bits per heavy atom. The zero-order valence-corrected chi connectivity index (χ0v) is 12.4. The maximum absolute atomic E-state index is 11.7. The number of halogens is 1. The van der Waals surface area contributed by atoms with Crippen LogP contribution in [0.4, 0.5) is 0 Å². The minimum Gasteiger partial charge on any atom is -0.380 e. The molecule has 4 nitrogen and oxygen atoms in total. The van der Waals surface area contributed by atoms with Crippen LogP contribution in [0.2, 0.25) is 0 Å². The Labute approximate surface area is 117 Å². The van der Waals surface area contributed by atoms with E-state index in [9.17, 15) is 4.79 Å². The van der Waals surface area contributed by atoms with Crippen molar-refractivity contribution in [3.63, 3.8) is 0 Å². The highest BCUT2D eigenvalue weighted by molar-refractivity contribution is 5.85. The second-order valence-corrected chi connectivity index (χ2v) is 4.83. The Balaban J connectivity index is 0.00000289. The molecule has 0 bridgehead atoms. The number of hydrogen-bond acceptors (Lipinski definition) is 3. The standard InChI is InChI=1S/C13H26N2O2.ClH/c1-3-17-8-7-15-13(16)9-11(2)12-5-4-6-14-10-12;/h11-12,14H,3-10H2,1-2H3,(H,15,16);1H. The van der Waals surface area contributed by atoms with Gasteiger partial charge in [-0.3, -0.25) is 4.79 Å². The van der Waals surface area contributed by atoms with Gasteiger partial charge in [-0.15, -0.1) is 12.4 Å². The molecule has 108 valence electrons. The number of nitrogens with one attached hydrogen (secondary N) is 2. The number of carbonyl (C=O) groups excluding carboxylic acids is 1. The summed E-state index contributed by atoms with van der Waals surface area (Å²) >= 11 is 0. The third kappa shape index (κ3) is 7.19. The molecule has 0 aliphatic carbocycles. The first kappa shape index (κ1) is 17.7. The monoisotopic (exact) mass is 278 g/mol. The van der Waals surface area contributed by atoms with Crippen LogP contribution in [0, 0.1) is 11.8 Å². The number of rotatable bonds is 7. The fourth-order valence-corrected chi connectivity index (χ4v) is 2.30. The zero-order chi connectivity index (χ0) is 12.5. The largest absolute Gasteiger partial charge is 0.380 e. The lowest BCUT2D eigenvalue weighted by molar-refractivity contribution is -0.122. The fraction of sp³-hybridized carbons (Fsp3) is 0.923. The van der Waals surface area contributed by atoms with E-state index < -0.39 is 0 Å². The summed E-state index contributed by atoms with van der Waals surface area (Å²) in [5.74, 6) is 1.28. The molecule has 1 aliphatic rings. The number of piperidine rings is 1. The Bertz CT molecular complexity index is 221. The third-order valence-electron chi connectivity index (χ3n) is 3.42. The van der Waals surface area contributed by atoms with Crippen molar-refractivity contribution in [3.8, 4) is 0 Å². The summed E-state index contributed by atoms with van der Waals surface area (Å²) in [7, 11) is 0. The molecule has 0 saturated carbocycles. The molecule has 1 amide bonds. The molecule has 0 radical (unpaired) electrons. The van der Waals surface area contributed by atoms with Crippen molar-refractivity contribution < 1.29 is 9.53 Å². The Morgan fingerprint density at radius 2 is 2.33 bits per heavy atom. The van der Waals surface area contributed by atoms with Crippen LogP contribution >= 0.6 is 12.4 Å². The van der Waals surface area contributed by atoms with Gasteiger partial charge in [-0.2, -0.15) is 0 Å². The van der Waals surface area contributed by atoms with Crippen LogP contribution in [-0.4, -0.2) is 38.8 Å². The maximum Gasteiger partial charge on any atom is 0.220 e. The lowest BCUT2D eigenvalue weighted by atomic mass is 9.85. The molecule has 0 spiro atoms. The summed E-state index contributed by atoms with van der Waals surface area (Å²) in [5, 5.41) is 6.30. The van der Waals surface area contributed by atoms with E-state index in [1.807, 2.05) is 6.92 Å². The van der Waals surface area contributed by atoms with Gasteiger partial charge >= 0.3 is 0 Å². The quantitative estimate of drug-likeness (QED) is 0.696. The van der Waals surface area contributed by atoms with Gasteiger partial charge in [0, 0.05) is 19.6 Å². The number of carbonyl (C=O) groups is 1. The highest BCUT2D eigenvalue weighted by atomic mass is 35.5. The van der Waals surface area contributed by atoms with Gasteiger partial charge in [-0.05, 0) is 44.7 Å². The van der Waals surface area contributed by atoms with Crippen molar-refractivity contribution in [3.05, 3.63) is 0 Å². The molecule has 2 N–H and O–H groups in total. The third-order valence-corrected chi connectivity index (χ3v) is 3.42. The first-order valence-corrected chi connectivity index (χ1v) is 6.79. The van der Waals surface area contributed by atoms with Crippen molar-refractivity contribution in [2.24, 2.45) is 11.8 Å². The van der Waals surface area contributed by atoms with Gasteiger partial charge in [-0.1, -0.05) is 6.92 Å². The predicted octanol–water partition coefficient (Wildman–Crippen LogP) is 1.59. The van der Waals surface area contributed by atoms with Gasteiger partial charge in [0.15, 0.2) is 0 Å². The highest BCUT2D eigenvalue weighted by Gasteiger charge is 2.21. The summed E-state index contributed by atoms with van der Waals surface area (Å²) < 4.78 is 5.18. The summed E-state index contributed by atoms with van der Waals surface area (Å²) in [6.07, 6.45) is 3.12. The predicted molar refractivity (Wildman–Crippen MR) is 76.1 cm³/mol. The van der Waals surface area contributed by atoms with Crippen LogP contribution in [-0.2, 0) is 9.53 Å². The van der Waals surface area contributed by atoms with E-state index in [1.54, 1.807) is 0 Å². The van der Waals surface area contributed by atoms with Gasteiger partial charge in [0.2, 0.25) is 5.91 Å². The molecule has 2 unspecified atom stereocenters. The van der Waals surface area contributed by atoms with Crippen molar-refractivity contribution in [1.82, 2.24) is 10.6 Å². The van der Waals surface area contributed by atoms with E-state index in [-0.39, 0.29) is 18.3 Å². The van der Waals surface area contributed by atoms with Crippen LogP contribution in [0.15, 0.2) is 0 Å². The Morgan fingerprint density at radius 3 is 2.94 bits per heavy atom. The first-order chi connectivity index (χ1) is 8.24. The smallest absolute Gasteiger partial charge is 0.220 e. The van der Waals surface area contributed by atoms with Crippen LogP contribution in [0.5, 0.6) is 0 Å². The molecule has 18 heavy (non-hydrogen) atoms. The van der Waals surface area contributed by atoms with Crippen LogP contribution < -0.4 is 10.6 Å². The van der Waals surface area contributed by atoms with E-state index in [4.69, 9.17) is 4.74 Å². The van der Waals surface area contributed by atoms with Crippen LogP contribution in [0.25, 0.3) is 0 Å². The van der Waals surface area contributed by atoms with Crippen LogP contribution in [0.1, 0.15) is 33.1 Å². The van der Waals surface area contributed by atoms with Crippen molar-refractivity contribution in [2.75, 3.05) is 32.8 Å². The Hall–Kier alpha value is -0.320. The fourth-order valence-electron chi connectivity index (χ4n) is 2.30. The van der Waals surface area contributed by atoms with Gasteiger partial charge < -0.3 is 15.4 Å². The van der Waals surface area contributed by atoms with E-state index in [2.05, 4.69) is 17.6 Å². The van der Waals surface area contributed by atoms with Gasteiger partial charge in [0.1, 0.15) is 0 Å². The molecule has 0 aromatic carbocycles. The lowest BCUT2D eigenvalue weighted by Gasteiger charge is -2.28. The van der Waals surface area contributed by atoms with Gasteiger partial charge in [-0.25, -0.2) is 0 Å². The molecule has 0 aromatic rings. The van der Waals surface area contributed by atoms with E-state index >= 15 is 0 Å². The van der Waals surface area contributed by atoms with Crippen molar-refractivity contribution in [2.45, 2.75) is 33.1 Å². The lowest BCUT2D eigenvalue weighted by Crippen LogP contribution is -2.36. The van der Waals surface area contributed by atoms with Crippen LogP contribution in [0.3, 0.4) is 0 Å². The van der Waals surface area contributed by atoms with Gasteiger partial charge in [0.05, 0.1) is 6.61 Å². The minimum atomic E-state index is 0. The second kappa shape index (κ2) is 10.6. The second-order valence-electron chi connectivity index (χ2n) is 4.83. The van der Waals surface area contributed by atoms with E-state index in [0.717, 1.165) is 13.1 Å². The molecule has 1 heterocycles. The molecule has 5 heteroatoms. The SMILES string of the molecule is CCOCCNC(=O)CC(C)C1CCCNC1.Cl. The van der Waals surface area contributed by atoms with Crippen molar-refractivity contribution in [1.29, 1.82) is 0 Å². The van der Waals surface area contributed by atoms with Gasteiger partial charge in [0.25, 0.3) is 0 Å². The number of amides is 1. The molecular formula is C13H27ClN2O2. The summed E-state index contributed by atoms with van der Waals surface area (Å²) in [4.78, 5) is 11.7. The number of ether oxygens (including phenoxy) is 1. The molecule has 1 fully saturated rings. The molecule has 1 rings (SSSR count). The molecule has 1 aliphatic heterocycles. The van der Waals surface area contributed by atoms with Crippen molar-refractivity contribution >= 4 is 18.3 Å². The average molecular weight is 279 g/mol. The molecule has 1 saturated heterocycles. The minimum absolute atomic E-state index is 0. The number of hydrogen-bond donors (Lipinski definition) is 2. The zero-order valence-electron chi connectivity index (χ0n) is 11.5. The van der Waals surface area contributed by atoms with E-state index in [1.165, 1.54) is 12.8 Å². The molecule has 2 atom stereocenters. The summed E-state index contributed by atoms with van der Waals surface area (Å²) in [6, 6.07) is 0. The first-order valence-electron chi connectivity index (χ1n) is 6.79. The molecular weight excluding hydrogens is 252 g/mol. The van der Waals surface area contributed by atoms with E-state index in [0.29, 0.717) is 38.0 Å². The highest BCUT2D eigenvalue weighted by Crippen LogP contribution is 2.22.